The Morgan fingerprint density at radius 2 is 1.87 bits per heavy atom. The number of fused-ring (bicyclic) bond motifs is 1. The molecule has 1 N–H and O–H groups in total. The van der Waals surface area contributed by atoms with Crippen molar-refractivity contribution in [3.63, 3.8) is 0 Å². The highest BCUT2D eigenvalue weighted by Gasteiger charge is 2.34. The highest BCUT2D eigenvalue weighted by Crippen LogP contribution is 2.25. The smallest absolute Gasteiger partial charge is 0.254 e. The lowest BCUT2D eigenvalue weighted by Gasteiger charge is -2.35. The predicted octanol–water partition coefficient (Wildman–Crippen LogP) is 2.65. The van der Waals surface area contributed by atoms with Gasteiger partial charge >= 0.3 is 0 Å². The van der Waals surface area contributed by atoms with Crippen LogP contribution in [0.15, 0.2) is 48.5 Å². The van der Waals surface area contributed by atoms with Gasteiger partial charge in [0.05, 0.1) is 0 Å². The zero-order valence-corrected chi connectivity index (χ0v) is 13.5. The van der Waals surface area contributed by atoms with Gasteiger partial charge in [-0.2, -0.15) is 0 Å². The minimum absolute atomic E-state index is 0.158. The molecule has 3 rings (SSSR count). The number of hydrogen-bond acceptors (Lipinski definition) is 2. The van der Waals surface area contributed by atoms with Crippen LogP contribution in [-0.2, 0) is 17.8 Å². The van der Waals surface area contributed by atoms with Crippen LogP contribution in [0.25, 0.3) is 0 Å². The molecule has 2 aromatic rings. The van der Waals surface area contributed by atoms with Gasteiger partial charge in [-0.05, 0) is 29.3 Å². The molecule has 0 fully saturated rings. The molecular formula is C18H17ClN2O2. The zero-order chi connectivity index (χ0) is 16.4. The Bertz CT molecular complexity index is 760. The lowest BCUT2D eigenvalue weighted by atomic mass is 9.93. The molecule has 4 nitrogen and oxygen atoms in total. The summed E-state index contributed by atoms with van der Waals surface area (Å²) >= 11 is 5.99. The van der Waals surface area contributed by atoms with E-state index in [1.54, 1.807) is 36.2 Å². The van der Waals surface area contributed by atoms with Gasteiger partial charge in [0.2, 0.25) is 5.91 Å². The molecule has 23 heavy (non-hydrogen) atoms. The van der Waals surface area contributed by atoms with E-state index < -0.39 is 6.04 Å². The van der Waals surface area contributed by atoms with E-state index in [2.05, 4.69) is 5.32 Å². The maximum Gasteiger partial charge on any atom is 0.254 e. The summed E-state index contributed by atoms with van der Waals surface area (Å²) in [5, 5.41) is 3.16. The maximum atomic E-state index is 12.9. The van der Waals surface area contributed by atoms with Gasteiger partial charge in [-0.15, -0.1) is 0 Å². The number of likely N-dealkylation sites (N-methyl/N-ethyl adjacent to an activating group) is 1. The minimum Gasteiger partial charge on any atom is -0.357 e. The van der Waals surface area contributed by atoms with E-state index >= 15 is 0 Å². The second kappa shape index (κ2) is 6.42. The van der Waals surface area contributed by atoms with E-state index in [9.17, 15) is 9.59 Å². The van der Waals surface area contributed by atoms with E-state index in [1.807, 2.05) is 24.3 Å². The average molecular weight is 329 g/mol. The van der Waals surface area contributed by atoms with Crippen molar-refractivity contribution in [1.29, 1.82) is 0 Å². The molecule has 2 aromatic carbocycles. The van der Waals surface area contributed by atoms with Crippen LogP contribution in [-0.4, -0.2) is 29.8 Å². The molecule has 118 valence electrons. The van der Waals surface area contributed by atoms with Crippen molar-refractivity contribution in [2.75, 3.05) is 7.05 Å². The number of carbonyl (C=O) groups excluding carboxylic acids is 2. The maximum absolute atomic E-state index is 12.9. The molecule has 0 bridgehead atoms. The molecule has 0 saturated carbocycles. The molecule has 0 radical (unpaired) electrons. The first-order valence-corrected chi connectivity index (χ1v) is 7.83. The van der Waals surface area contributed by atoms with E-state index in [-0.39, 0.29) is 11.8 Å². The molecule has 1 heterocycles. The summed E-state index contributed by atoms with van der Waals surface area (Å²) in [5.41, 5.74) is 2.67. The minimum atomic E-state index is -0.513. The third kappa shape index (κ3) is 3.08. The van der Waals surface area contributed by atoms with Crippen LogP contribution in [0.5, 0.6) is 0 Å². The fourth-order valence-electron chi connectivity index (χ4n) is 2.92. The Kier molecular flexibility index (Phi) is 4.35. The van der Waals surface area contributed by atoms with Crippen LogP contribution in [0.2, 0.25) is 5.02 Å². The molecule has 1 aliphatic rings. The van der Waals surface area contributed by atoms with Gasteiger partial charge in [0.15, 0.2) is 0 Å². The van der Waals surface area contributed by atoms with Crippen molar-refractivity contribution in [1.82, 2.24) is 10.2 Å². The summed E-state index contributed by atoms with van der Waals surface area (Å²) < 4.78 is 0. The van der Waals surface area contributed by atoms with E-state index in [0.717, 1.165) is 11.1 Å². The molecule has 0 aliphatic carbocycles. The van der Waals surface area contributed by atoms with Gasteiger partial charge < -0.3 is 10.2 Å². The first kappa shape index (κ1) is 15.6. The second-order valence-electron chi connectivity index (χ2n) is 5.55. The highest BCUT2D eigenvalue weighted by molar-refractivity contribution is 6.31. The first-order chi connectivity index (χ1) is 11.1. The van der Waals surface area contributed by atoms with Gasteiger partial charge in [0.25, 0.3) is 5.91 Å². The Morgan fingerprint density at radius 3 is 2.57 bits per heavy atom. The summed E-state index contributed by atoms with van der Waals surface area (Å²) in [6, 6.07) is 14.2. The number of benzene rings is 2. The first-order valence-electron chi connectivity index (χ1n) is 7.45. The Balaban J connectivity index is 1.97. The number of hydrogen-bond donors (Lipinski definition) is 1. The molecule has 0 aromatic heterocycles. The van der Waals surface area contributed by atoms with Crippen molar-refractivity contribution in [3.8, 4) is 0 Å². The van der Waals surface area contributed by atoms with Crippen molar-refractivity contribution >= 4 is 23.4 Å². The topological polar surface area (TPSA) is 49.4 Å². The number of rotatable bonds is 2. The monoisotopic (exact) mass is 328 g/mol. The number of nitrogens with one attached hydrogen (secondary N) is 1. The molecule has 1 aliphatic heterocycles. The fraction of sp³-hybridized carbons (Fsp3) is 0.222. The summed E-state index contributed by atoms with van der Waals surface area (Å²) in [4.78, 5) is 26.8. The van der Waals surface area contributed by atoms with Gasteiger partial charge in [-0.25, -0.2) is 0 Å². The Morgan fingerprint density at radius 1 is 1.13 bits per heavy atom. The Labute approximate surface area is 140 Å². The van der Waals surface area contributed by atoms with Gasteiger partial charge in [-0.3, -0.25) is 9.59 Å². The van der Waals surface area contributed by atoms with E-state index in [1.165, 1.54) is 0 Å². The third-order valence-electron chi connectivity index (χ3n) is 4.13. The van der Waals surface area contributed by atoms with Crippen LogP contribution in [0.1, 0.15) is 21.5 Å². The average Bonchev–Trinajstić information content (AvgIpc) is 2.59. The number of halogens is 1. The molecule has 1 unspecified atom stereocenters. The molecular weight excluding hydrogens is 312 g/mol. The zero-order valence-electron chi connectivity index (χ0n) is 12.8. The molecule has 1 atom stereocenters. The fourth-order valence-corrected chi connectivity index (χ4v) is 3.11. The molecule has 5 heteroatoms. The van der Waals surface area contributed by atoms with Gasteiger partial charge in [0.1, 0.15) is 6.04 Å². The van der Waals surface area contributed by atoms with Gasteiger partial charge in [0, 0.05) is 30.6 Å². The third-order valence-corrected chi connectivity index (χ3v) is 4.37. The summed E-state index contributed by atoms with van der Waals surface area (Å²) in [6.07, 6.45) is 0.516. The quantitative estimate of drug-likeness (QED) is 0.921. The number of amides is 2. The number of carbonyl (C=O) groups is 2. The van der Waals surface area contributed by atoms with Crippen molar-refractivity contribution in [2.45, 2.75) is 19.0 Å². The SMILES string of the molecule is CNC(=O)C1Cc2ccccc2CN1C(=O)c1cccc(Cl)c1. The Hall–Kier alpha value is -2.33. The number of nitrogens with zero attached hydrogens (tertiary/aromatic N) is 1. The van der Waals surface area contributed by atoms with Crippen LogP contribution in [0.4, 0.5) is 0 Å². The predicted molar refractivity (Wildman–Crippen MR) is 89.3 cm³/mol. The van der Waals surface area contributed by atoms with Gasteiger partial charge in [-0.1, -0.05) is 41.9 Å². The highest BCUT2D eigenvalue weighted by atomic mass is 35.5. The van der Waals surface area contributed by atoms with Crippen molar-refractivity contribution in [2.24, 2.45) is 0 Å². The molecule has 2 amide bonds. The largest absolute Gasteiger partial charge is 0.357 e. The normalized spacial score (nSPS) is 16.6. The standard InChI is InChI=1S/C18H17ClN2O2/c1-20-17(22)16-10-12-5-2-3-6-14(12)11-21(16)18(23)13-7-4-8-15(19)9-13/h2-9,16H,10-11H2,1H3,(H,20,22). The van der Waals surface area contributed by atoms with Crippen LogP contribution < -0.4 is 5.32 Å². The van der Waals surface area contributed by atoms with Crippen molar-refractivity contribution < 1.29 is 9.59 Å². The molecule has 0 saturated heterocycles. The van der Waals surface area contributed by atoms with Crippen molar-refractivity contribution in [3.05, 3.63) is 70.2 Å². The van der Waals surface area contributed by atoms with E-state index in [4.69, 9.17) is 11.6 Å². The summed E-state index contributed by atoms with van der Waals surface area (Å²) in [7, 11) is 1.59. The lowest BCUT2D eigenvalue weighted by molar-refractivity contribution is -0.125. The lowest BCUT2D eigenvalue weighted by Crippen LogP contribution is -2.51. The van der Waals surface area contributed by atoms with Crippen LogP contribution in [0.3, 0.4) is 0 Å². The molecule has 0 spiro atoms. The summed E-state index contributed by atoms with van der Waals surface area (Å²) in [5.74, 6) is -0.342. The van der Waals surface area contributed by atoms with Crippen LogP contribution >= 0.6 is 11.6 Å². The van der Waals surface area contributed by atoms with Crippen LogP contribution in [0, 0.1) is 0 Å². The second-order valence-corrected chi connectivity index (χ2v) is 5.98. The summed E-state index contributed by atoms with van der Waals surface area (Å²) in [6.45, 7) is 0.416. The van der Waals surface area contributed by atoms with E-state index in [0.29, 0.717) is 23.6 Å².